The zero-order chi connectivity index (χ0) is 17.5. The lowest BCUT2D eigenvalue weighted by Gasteiger charge is -2.09. The van der Waals surface area contributed by atoms with Crippen LogP contribution in [-0.4, -0.2) is 18.1 Å². The lowest BCUT2D eigenvalue weighted by molar-refractivity contribution is -0.115. The van der Waals surface area contributed by atoms with Crippen molar-refractivity contribution >= 4 is 58.2 Å². The Bertz CT molecular complexity index is 794. The van der Waals surface area contributed by atoms with Crippen molar-refractivity contribution in [3.8, 4) is 5.75 Å². The molecule has 0 unspecified atom stereocenters. The fourth-order valence-electron chi connectivity index (χ4n) is 1.82. The quantitative estimate of drug-likeness (QED) is 0.604. The van der Waals surface area contributed by atoms with Crippen LogP contribution in [-0.2, 0) is 4.79 Å². The number of amides is 1. The predicted molar refractivity (Wildman–Crippen MR) is 103 cm³/mol. The molecule has 0 aliphatic carbocycles. The van der Waals surface area contributed by atoms with Crippen molar-refractivity contribution in [3.05, 3.63) is 64.1 Å². The zero-order valence-electron chi connectivity index (χ0n) is 12.7. The molecule has 0 radical (unpaired) electrons. The van der Waals surface area contributed by atoms with Gasteiger partial charge >= 0.3 is 0 Å². The Labute approximate surface area is 155 Å². The largest absolute Gasteiger partial charge is 0.497 e. The zero-order valence-corrected chi connectivity index (χ0v) is 15.0. The standard InChI is InChI=1S/C17H14Cl2N2O2S/c1-23-14-4-2-3-13(10-14)20-17(24)21-16(22)8-6-11-5-7-12(18)9-15(11)19/h2-10H,1H3,(H2,20,21,22,24). The molecule has 0 fully saturated rings. The molecule has 0 atom stereocenters. The number of carbonyl (C=O) groups excluding carboxylic acids is 1. The Morgan fingerprint density at radius 3 is 2.71 bits per heavy atom. The SMILES string of the molecule is COc1cccc(NC(=S)NC(=O)C=Cc2ccc(Cl)cc2Cl)c1. The van der Waals surface area contributed by atoms with Crippen LogP contribution in [0.5, 0.6) is 5.75 Å². The molecular weight excluding hydrogens is 367 g/mol. The van der Waals surface area contributed by atoms with Crippen LogP contribution in [0, 0.1) is 0 Å². The maximum absolute atomic E-state index is 11.9. The number of carbonyl (C=O) groups is 1. The highest BCUT2D eigenvalue weighted by atomic mass is 35.5. The smallest absolute Gasteiger partial charge is 0.250 e. The molecule has 1 amide bonds. The number of rotatable bonds is 4. The fraction of sp³-hybridized carbons (Fsp3) is 0.0588. The van der Waals surface area contributed by atoms with E-state index in [1.54, 1.807) is 37.5 Å². The second-order valence-corrected chi connectivity index (χ2v) is 5.93. The summed E-state index contributed by atoms with van der Waals surface area (Å²) in [5, 5.41) is 6.63. The molecule has 2 N–H and O–H groups in total. The molecule has 2 aromatic carbocycles. The summed E-state index contributed by atoms with van der Waals surface area (Å²) in [6.07, 6.45) is 2.93. The van der Waals surface area contributed by atoms with Crippen LogP contribution >= 0.6 is 35.4 Å². The minimum absolute atomic E-state index is 0.181. The van der Waals surface area contributed by atoms with Crippen molar-refractivity contribution in [2.45, 2.75) is 0 Å². The first-order valence-corrected chi connectivity index (χ1v) is 8.03. The second-order valence-electron chi connectivity index (χ2n) is 4.67. The maximum atomic E-state index is 11.9. The minimum atomic E-state index is -0.374. The van der Waals surface area contributed by atoms with Crippen LogP contribution < -0.4 is 15.4 Å². The monoisotopic (exact) mass is 380 g/mol. The third-order valence-electron chi connectivity index (χ3n) is 2.94. The Morgan fingerprint density at radius 2 is 2.00 bits per heavy atom. The van der Waals surface area contributed by atoms with E-state index in [4.69, 9.17) is 40.2 Å². The molecule has 7 heteroatoms. The van der Waals surface area contributed by atoms with E-state index >= 15 is 0 Å². The maximum Gasteiger partial charge on any atom is 0.250 e. The average Bonchev–Trinajstić information content (AvgIpc) is 2.54. The van der Waals surface area contributed by atoms with E-state index in [2.05, 4.69) is 10.6 Å². The minimum Gasteiger partial charge on any atom is -0.497 e. The number of methoxy groups -OCH3 is 1. The molecular formula is C17H14Cl2N2O2S. The Balaban J connectivity index is 1.93. The van der Waals surface area contributed by atoms with Gasteiger partial charge in [0.15, 0.2) is 5.11 Å². The number of halogens is 2. The first kappa shape index (κ1) is 18.3. The summed E-state index contributed by atoms with van der Waals surface area (Å²) in [7, 11) is 1.58. The first-order chi connectivity index (χ1) is 11.5. The number of ether oxygens (including phenoxy) is 1. The second kappa shape index (κ2) is 8.68. The summed E-state index contributed by atoms with van der Waals surface area (Å²) >= 11 is 17.0. The van der Waals surface area contributed by atoms with Crippen LogP contribution in [0.3, 0.4) is 0 Å². The third-order valence-corrected chi connectivity index (χ3v) is 3.71. The molecule has 0 saturated heterocycles. The number of nitrogens with one attached hydrogen (secondary N) is 2. The predicted octanol–water partition coefficient (Wildman–Crippen LogP) is 4.53. The summed E-state index contributed by atoms with van der Waals surface area (Å²) in [5.74, 6) is 0.313. The number of anilines is 1. The number of hydrogen-bond acceptors (Lipinski definition) is 3. The summed E-state index contributed by atoms with van der Waals surface area (Å²) in [6.45, 7) is 0. The first-order valence-electron chi connectivity index (χ1n) is 6.87. The van der Waals surface area contributed by atoms with Crippen molar-refractivity contribution in [3.63, 3.8) is 0 Å². The van der Waals surface area contributed by atoms with E-state index in [-0.39, 0.29) is 11.0 Å². The van der Waals surface area contributed by atoms with Crippen LogP contribution in [0.1, 0.15) is 5.56 Å². The number of hydrogen-bond donors (Lipinski definition) is 2. The number of benzene rings is 2. The summed E-state index contributed by atoms with van der Waals surface area (Å²) < 4.78 is 5.12. The van der Waals surface area contributed by atoms with Gasteiger partial charge in [0.25, 0.3) is 0 Å². The van der Waals surface area contributed by atoms with Gasteiger partial charge in [-0.1, -0.05) is 35.3 Å². The van der Waals surface area contributed by atoms with Crippen molar-refractivity contribution < 1.29 is 9.53 Å². The van der Waals surface area contributed by atoms with E-state index in [9.17, 15) is 4.79 Å². The van der Waals surface area contributed by atoms with Gasteiger partial charge in [-0.2, -0.15) is 0 Å². The van der Waals surface area contributed by atoms with Gasteiger partial charge < -0.3 is 10.1 Å². The highest BCUT2D eigenvalue weighted by Crippen LogP contribution is 2.22. The average molecular weight is 381 g/mol. The molecule has 2 aromatic rings. The Morgan fingerprint density at radius 1 is 1.21 bits per heavy atom. The van der Waals surface area contributed by atoms with Gasteiger partial charge in [0.05, 0.1) is 7.11 Å². The van der Waals surface area contributed by atoms with Crippen LogP contribution in [0.15, 0.2) is 48.5 Å². The van der Waals surface area contributed by atoms with Gasteiger partial charge in [-0.25, -0.2) is 0 Å². The van der Waals surface area contributed by atoms with E-state index in [0.717, 1.165) is 0 Å². The summed E-state index contributed by atoms with van der Waals surface area (Å²) in [6, 6.07) is 12.2. The van der Waals surface area contributed by atoms with Crippen molar-refractivity contribution in [1.29, 1.82) is 0 Å². The van der Waals surface area contributed by atoms with Gasteiger partial charge in [-0.15, -0.1) is 0 Å². The van der Waals surface area contributed by atoms with E-state index in [1.165, 1.54) is 6.08 Å². The molecule has 0 bridgehead atoms. The molecule has 0 saturated carbocycles. The highest BCUT2D eigenvalue weighted by Gasteiger charge is 2.03. The molecule has 0 aromatic heterocycles. The van der Waals surface area contributed by atoms with Crippen molar-refractivity contribution in [1.82, 2.24) is 5.32 Å². The van der Waals surface area contributed by atoms with Crippen molar-refractivity contribution in [2.24, 2.45) is 0 Å². The lowest BCUT2D eigenvalue weighted by Crippen LogP contribution is -2.32. The molecule has 24 heavy (non-hydrogen) atoms. The molecule has 0 aliphatic heterocycles. The molecule has 0 spiro atoms. The Hall–Kier alpha value is -2.08. The summed E-state index contributed by atoms with van der Waals surface area (Å²) in [5.41, 5.74) is 1.40. The summed E-state index contributed by atoms with van der Waals surface area (Å²) in [4.78, 5) is 11.9. The van der Waals surface area contributed by atoms with Gasteiger partial charge in [0, 0.05) is 27.9 Å². The number of thiocarbonyl (C=S) groups is 1. The molecule has 0 aliphatic rings. The van der Waals surface area contributed by atoms with Gasteiger partial charge in [0.2, 0.25) is 5.91 Å². The van der Waals surface area contributed by atoms with Gasteiger partial charge in [0.1, 0.15) is 5.75 Å². The molecule has 124 valence electrons. The van der Waals surface area contributed by atoms with Crippen molar-refractivity contribution in [2.75, 3.05) is 12.4 Å². The van der Waals surface area contributed by atoms with Crippen LogP contribution in [0.25, 0.3) is 6.08 Å². The lowest BCUT2D eigenvalue weighted by atomic mass is 10.2. The van der Waals surface area contributed by atoms with E-state index in [1.807, 2.05) is 18.2 Å². The highest BCUT2D eigenvalue weighted by molar-refractivity contribution is 7.80. The van der Waals surface area contributed by atoms with Gasteiger partial charge in [-0.3, -0.25) is 10.1 Å². The van der Waals surface area contributed by atoms with Crippen LogP contribution in [0.4, 0.5) is 5.69 Å². The topological polar surface area (TPSA) is 50.4 Å². The van der Waals surface area contributed by atoms with E-state index in [0.29, 0.717) is 27.0 Å². The normalized spacial score (nSPS) is 10.5. The van der Waals surface area contributed by atoms with E-state index < -0.39 is 0 Å². The molecule has 0 heterocycles. The van der Waals surface area contributed by atoms with Crippen LogP contribution in [0.2, 0.25) is 10.0 Å². The molecule has 4 nitrogen and oxygen atoms in total. The van der Waals surface area contributed by atoms with Gasteiger partial charge in [-0.05, 0) is 48.1 Å². The molecule has 2 rings (SSSR count). The Kier molecular flexibility index (Phi) is 6.61. The third kappa shape index (κ3) is 5.53. The fourth-order valence-corrected chi connectivity index (χ4v) is 2.51.